The van der Waals surface area contributed by atoms with E-state index in [4.69, 9.17) is 0 Å². The first-order valence-corrected chi connectivity index (χ1v) is 5.68. The number of nitrogens with one attached hydrogen (secondary N) is 1. The van der Waals surface area contributed by atoms with E-state index >= 15 is 0 Å². The molecule has 0 aromatic heterocycles. The molecule has 1 atom stereocenters. The van der Waals surface area contributed by atoms with Crippen LogP contribution in [0.2, 0.25) is 0 Å². The second kappa shape index (κ2) is 7.59. The van der Waals surface area contributed by atoms with Crippen molar-refractivity contribution in [1.82, 2.24) is 5.32 Å². The van der Waals surface area contributed by atoms with Gasteiger partial charge in [-0.25, -0.2) is 0 Å². The molecule has 0 aromatic rings. The molecule has 0 rings (SSSR count). The smallest absolute Gasteiger partial charge is 0.222 e. The van der Waals surface area contributed by atoms with Crippen molar-refractivity contribution in [2.75, 3.05) is 11.9 Å². The third kappa shape index (κ3) is 5.58. The Labute approximate surface area is 83.2 Å². The molecular formula is C9H18BrNO. The predicted octanol–water partition coefficient (Wildman–Crippen LogP) is 2.32. The van der Waals surface area contributed by atoms with Crippen LogP contribution in [0.25, 0.3) is 0 Å². The lowest BCUT2D eigenvalue weighted by Gasteiger charge is -2.09. The molecule has 0 heterocycles. The normalized spacial score (nSPS) is 12.6. The highest BCUT2D eigenvalue weighted by atomic mass is 79.9. The van der Waals surface area contributed by atoms with Crippen LogP contribution in [-0.4, -0.2) is 17.8 Å². The van der Waals surface area contributed by atoms with E-state index in [1.165, 1.54) is 0 Å². The third-order valence-corrected chi connectivity index (χ3v) is 2.34. The van der Waals surface area contributed by atoms with Gasteiger partial charge < -0.3 is 5.32 Å². The lowest BCUT2D eigenvalue weighted by molar-refractivity contribution is -0.124. The first-order chi connectivity index (χ1) is 5.72. The number of carbonyl (C=O) groups is 1. The molecule has 1 amide bonds. The summed E-state index contributed by atoms with van der Waals surface area (Å²) in [6.45, 7) is 4.87. The number of halogens is 1. The second-order valence-electron chi connectivity index (χ2n) is 3.02. The van der Waals surface area contributed by atoms with Crippen molar-refractivity contribution in [1.29, 1.82) is 0 Å². The molecule has 72 valence electrons. The van der Waals surface area contributed by atoms with E-state index in [9.17, 15) is 4.79 Å². The highest BCUT2D eigenvalue weighted by Crippen LogP contribution is 2.04. The SMILES string of the molecule is CCCC(C)C(=O)NCCCBr. The number of amides is 1. The number of carbonyl (C=O) groups excluding carboxylic acids is 1. The van der Waals surface area contributed by atoms with Crippen LogP contribution in [0.4, 0.5) is 0 Å². The zero-order valence-electron chi connectivity index (χ0n) is 7.90. The van der Waals surface area contributed by atoms with Crippen LogP contribution in [0.5, 0.6) is 0 Å². The molecule has 1 N–H and O–H groups in total. The maximum atomic E-state index is 11.3. The minimum Gasteiger partial charge on any atom is -0.356 e. The van der Waals surface area contributed by atoms with E-state index in [1.807, 2.05) is 6.92 Å². The Morgan fingerprint density at radius 1 is 1.58 bits per heavy atom. The van der Waals surface area contributed by atoms with Crippen LogP contribution >= 0.6 is 15.9 Å². The van der Waals surface area contributed by atoms with Crippen molar-refractivity contribution in [3.63, 3.8) is 0 Å². The Morgan fingerprint density at radius 3 is 2.75 bits per heavy atom. The largest absolute Gasteiger partial charge is 0.356 e. The number of alkyl halides is 1. The van der Waals surface area contributed by atoms with Crippen LogP contribution < -0.4 is 5.32 Å². The Balaban J connectivity index is 3.43. The second-order valence-corrected chi connectivity index (χ2v) is 3.82. The van der Waals surface area contributed by atoms with Gasteiger partial charge in [-0.05, 0) is 12.8 Å². The fraction of sp³-hybridized carbons (Fsp3) is 0.889. The first-order valence-electron chi connectivity index (χ1n) is 4.56. The Morgan fingerprint density at radius 2 is 2.25 bits per heavy atom. The van der Waals surface area contributed by atoms with Gasteiger partial charge in [0.1, 0.15) is 0 Å². The molecule has 0 aliphatic heterocycles. The van der Waals surface area contributed by atoms with Crippen LogP contribution in [-0.2, 0) is 4.79 Å². The van der Waals surface area contributed by atoms with Gasteiger partial charge in [-0.2, -0.15) is 0 Å². The van der Waals surface area contributed by atoms with Gasteiger partial charge in [0, 0.05) is 17.8 Å². The van der Waals surface area contributed by atoms with Crippen molar-refractivity contribution < 1.29 is 4.79 Å². The van der Waals surface area contributed by atoms with Gasteiger partial charge in [-0.1, -0.05) is 36.2 Å². The van der Waals surface area contributed by atoms with Crippen LogP contribution in [0.1, 0.15) is 33.1 Å². The molecule has 0 aromatic carbocycles. The summed E-state index contributed by atoms with van der Waals surface area (Å²) in [4.78, 5) is 11.3. The summed E-state index contributed by atoms with van der Waals surface area (Å²) >= 11 is 3.32. The van der Waals surface area contributed by atoms with Gasteiger partial charge in [-0.3, -0.25) is 4.79 Å². The average molecular weight is 236 g/mol. The van der Waals surface area contributed by atoms with Gasteiger partial charge >= 0.3 is 0 Å². The van der Waals surface area contributed by atoms with Crippen molar-refractivity contribution in [2.45, 2.75) is 33.1 Å². The van der Waals surface area contributed by atoms with E-state index in [2.05, 4.69) is 28.2 Å². The average Bonchev–Trinajstić information content (AvgIpc) is 2.05. The van der Waals surface area contributed by atoms with E-state index in [1.54, 1.807) is 0 Å². The Hall–Kier alpha value is -0.0500. The predicted molar refractivity (Wildman–Crippen MR) is 55.5 cm³/mol. The summed E-state index contributed by atoms with van der Waals surface area (Å²) in [6.07, 6.45) is 3.07. The fourth-order valence-electron chi connectivity index (χ4n) is 1.02. The fourth-order valence-corrected chi connectivity index (χ4v) is 1.30. The summed E-state index contributed by atoms with van der Waals surface area (Å²) in [6, 6.07) is 0. The first kappa shape index (κ1) is 11.9. The molecule has 0 radical (unpaired) electrons. The molecule has 0 saturated heterocycles. The van der Waals surface area contributed by atoms with Crippen LogP contribution in [0.15, 0.2) is 0 Å². The topological polar surface area (TPSA) is 29.1 Å². The monoisotopic (exact) mass is 235 g/mol. The molecule has 1 unspecified atom stereocenters. The van der Waals surface area contributed by atoms with E-state index in [-0.39, 0.29) is 11.8 Å². The number of hydrogen-bond acceptors (Lipinski definition) is 1. The van der Waals surface area contributed by atoms with Gasteiger partial charge in [0.15, 0.2) is 0 Å². The van der Waals surface area contributed by atoms with Crippen molar-refractivity contribution in [3.05, 3.63) is 0 Å². The van der Waals surface area contributed by atoms with Crippen LogP contribution in [0.3, 0.4) is 0 Å². The lowest BCUT2D eigenvalue weighted by atomic mass is 10.1. The van der Waals surface area contributed by atoms with Gasteiger partial charge in [0.05, 0.1) is 0 Å². The zero-order chi connectivity index (χ0) is 9.40. The maximum absolute atomic E-state index is 11.3. The molecule has 0 aliphatic carbocycles. The summed E-state index contributed by atoms with van der Waals surface area (Å²) in [5, 5.41) is 3.85. The molecule has 3 heteroatoms. The summed E-state index contributed by atoms with van der Waals surface area (Å²) in [7, 11) is 0. The highest BCUT2D eigenvalue weighted by molar-refractivity contribution is 9.09. The van der Waals surface area contributed by atoms with E-state index in [0.717, 1.165) is 31.1 Å². The third-order valence-electron chi connectivity index (χ3n) is 1.78. The quantitative estimate of drug-likeness (QED) is 0.556. The summed E-state index contributed by atoms with van der Waals surface area (Å²) in [5.74, 6) is 0.364. The molecular weight excluding hydrogens is 218 g/mol. The maximum Gasteiger partial charge on any atom is 0.222 e. The van der Waals surface area contributed by atoms with E-state index < -0.39 is 0 Å². The molecule has 0 bridgehead atoms. The molecule has 0 aliphatic rings. The minimum absolute atomic E-state index is 0.172. The lowest BCUT2D eigenvalue weighted by Crippen LogP contribution is -2.30. The zero-order valence-corrected chi connectivity index (χ0v) is 9.49. The minimum atomic E-state index is 0.172. The number of rotatable bonds is 6. The highest BCUT2D eigenvalue weighted by Gasteiger charge is 2.09. The Bertz CT molecular complexity index is 128. The number of hydrogen-bond donors (Lipinski definition) is 1. The van der Waals surface area contributed by atoms with Gasteiger partial charge in [0.2, 0.25) is 5.91 Å². The molecule has 12 heavy (non-hydrogen) atoms. The molecule has 0 spiro atoms. The standard InChI is InChI=1S/C9H18BrNO/c1-3-5-8(2)9(12)11-7-4-6-10/h8H,3-7H2,1-2H3,(H,11,12). The Kier molecular flexibility index (Phi) is 7.56. The van der Waals surface area contributed by atoms with Crippen molar-refractivity contribution in [3.8, 4) is 0 Å². The van der Waals surface area contributed by atoms with Crippen molar-refractivity contribution in [2.24, 2.45) is 5.92 Å². The van der Waals surface area contributed by atoms with E-state index in [0.29, 0.717) is 0 Å². The van der Waals surface area contributed by atoms with Crippen molar-refractivity contribution >= 4 is 21.8 Å². The molecule has 0 saturated carbocycles. The molecule has 0 fully saturated rings. The van der Waals surface area contributed by atoms with Gasteiger partial charge in [-0.15, -0.1) is 0 Å². The van der Waals surface area contributed by atoms with Crippen LogP contribution in [0, 0.1) is 5.92 Å². The summed E-state index contributed by atoms with van der Waals surface area (Å²) < 4.78 is 0. The van der Waals surface area contributed by atoms with Gasteiger partial charge in [0.25, 0.3) is 0 Å². The molecule has 2 nitrogen and oxygen atoms in total. The summed E-state index contributed by atoms with van der Waals surface area (Å²) in [5.41, 5.74) is 0.